The Morgan fingerprint density at radius 3 is 2.44 bits per heavy atom. The van der Waals surface area contributed by atoms with Crippen LogP contribution in [0.3, 0.4) is 0 Å². The molecule has 0 fully saturated rings. The summed E-state index contributed by atoms with van der Waals surface area (Å²) in [6.45, 7) is 0. The lowest BCUT2D eigenvalue weighted by molar-refractivity contribution is -0.140. The topological polar surface area (TPSA) is 175 Å². The van der Waals surface area contributed by atoms with Gasteiger partial charge in [0.1, 0.15) is 22.5 Å². The summed E-state index contributed by atoms with van der Waals surface area (Å²) in [4.78, 5) is 25.2. The molecular weight excluding hydrogens is 448 g/mol. The minimum atomic E-state index is -1.01. The zero-order valence-electron chi connectivity index (χ0n) is 18.0. The van der Waals surface area contributed by atoms with Crippen molar-refractivity contribution in [3.05, 3.63) is 58.0 Å². The monoisotopic (exact) mass is 468 g/mol. The van der Waals surface area contributed by atoms with Gasteiger partial charge < -0.3 is 34.7 Å². The highest BCUT2D eigenvalue weighted by Crippen LogP contribution is 2.44. The Hall–Kier alpha value is -4.67. The number of nitrogens with zero attached hydrogens (tertiary/aromatic N) is 2. The molecule has 34 heavy (non-hydrogen) atoms. The average Bonchev–Trinajstić information content (AvgIpc) is 3.22. The maximum absolute atomic E-state index is 13.0. The highest BCUT2D eigenvalue weighted by atomic mass is 16.5. The molecule has 2 aromatic heterocycles. The molecule has 2 aromatic carbocycles. The number of hydrogen-bond acceptors (Lipinski definition) is 10. The van der Waals surface area contributed by atoms with Crippen molar-refractivity contribution >= 4 is 16.9 Å². The fourth-order valence-corrected chi connectivity index (χ4v) is 3.80. The Kier molecular flexibility index (Phi) is 5.53. The lowest BCUT2D eigenvalue weighted by Gasteiger charge is -2.19. The minimum absolute atomic E-state index is 0.0208. The summed E-state index contributed by atoms with van der Waals surface area (Å²) in [5, 5.41) is 54.8. The number of hydrogen-bond donors (Lipinski definition) is 5. The molecule has 0 saturated carbocycles. The second kappa shape index (κ2) is 8.35. The second-order valence-electron chi connectivity index (χ2n) is 7.63. The lowest BCUT2D eigenvalue weighted by Crippen LogP contribution is -2.12. The molecule has 0 aliphatic rings. The molecule has 0 saturated heterocycles. The highest BCUT2D eigenvalue weighted by molar-refractivity contribution is 5.92. The summed E-state index contributed by atoms with van der Waals surface area (Å²) in [6, 6.07) is 4.40. The van der Waals surface area contributed by atoms with Crippen LogP contribution in [0.25, 0.3) is 22.3 Å². The first-order valence-electron chi connectivity index (χ1n) is 9.94. The Morgan fingerprint density at radius 1 is 1.09 bits per heavy atom. The highest BCUT2D eigenvalue weighted by Gasteiger charge is 2.30. The van der Waals surface area contributed by atoms with Crippen molar-refractivity contribution in [2.24, 2.45) is 7.05 Å². The van der Waals surface area contributed by atoms with Crippen molar-refractivity contribution in [2.75, 3.05) is 7.11 Å². The average molecular weight is 468 g/mol. The number of aromatic nitrogens is 2. The quantitative estimate of drug-likeness (QED) is 0.216. The SMILES string of the molecule is COC(=O)C[C@H](c1cnn(C)c1)c1c(O)cc(O)c2c(=O)c(O)c(-c3ccc(O)c(O)c3)oc12. The molecular formula is C23H20N2O9. The van der Waals surface area contributed by atoms with Gasteiger partial charge >= 0.3 is 5.97 Å². The van der Waals surface area contributed by atoms with Crippen molar-refractivity contribution in [3.63, 3.8) is 0 Å². The van der Waals surface area contributed by atoms with Gasteiger partial charge in [0.2, 0.25) is 11.2 Å². The lowest BCUT2D eigenvalue weighted by atomic mass is 9.88. The number of rotatable bonds is 5. The fraction of sp³-hybridized carbons (Fsp3) is 0.174. The van der Waals surface area contributed by atoms with Crippen LogP contribution in [0.4, 0.5) is 0 Å². The molecule has 11 nitrogen and oxygen atoms in total. The van der Waals surface area contributed by atoms with Crippen LogP contribution in [0.2, 0.25) is 0 Å². The number of benzene rings is 2. The summed E-state index contributed by atoms with van der Waals surface area (Å²) >= 11 is 0. The number of aromatic hydroxyl groups is 5. The Balaban J connectivity index is 2.08. The van der Waals surface area contributed by atoms with Crippen LogP contribution in [0.1, 0.15) is 23.5 Å². The molecule has 0 radical (unpaired) electrons. The van der Waals surface area contributed by atoms with E-state index >= 15 is 0 Å². The Labute approximate surface area is 191 Å². The van der Waals surface area contributed by atoms with Crippen molar-refractivity contribution in [2.45, 2.75) is 12.3 Å². The normalized spacial score (nSPS) is 12.1. The molecule has 4 rings (SSSR count). The molecule has 0 aliphatic carbocycles. The van der Waals surface area contributed by atoms with Gasteiger partial charge in [-0.1, -0.05) is 0 Å². The van der Waals surface area contributed by atoms with Crippen LogP contribution in [-0.4, -0.2) is 48.4 Å². The van der Waals surface area contributed by atoms with Crippen LogP contribution >= 0.6 is 0 Å². The van der Waals surface area contributed by atoms with E-state index in [1.807, 2.05) is 0 Å². The first-order valence-corrected chi connectivity index (χ1v) is 9.94. The summed E-state index contributed by atoms with van der Waals surface area (Å²) in [5.74, 6) is -4.87. The number of phenols is 4. The molecule has 11 heteroatoms. The molecule has 5 N–H and O–H groups in total. The number of carbonyl (C=O) groups excluding carboxylic acids is 1. The van der Waals surface area contributed by atoms with E-state index in [1.165, 1.54) is 24.1 Å². The largest absolute Gasteiger partial charge is 0.507 e. The predicted octanol–water partition coefficient (Wildman–Crippen LogP) is 2.42. The van der Waals surface area contributed by atoms with E-state index in [4.69, 9.17) is 9.15 Å². The van der Waals surface area contributed by atoms with Crippen LogP contribution in [0, 0.1) is 0 Å². The minimum Gasteiger partial charge on any atom is -0.507 e. The molecule has 0 aliphatic heterocycles. The third-order valence-corrected chi connectivity index (χ3v) is 5.45. The third kappa shape index (κ3) is 3.72. The molecule has 1 atom stereocenters. The Bertz CT molecular complexity index is 1490. The zero-order valence-corrected chi connectivity index (χ0v) is 18.0. The molecule has 0 spiro atoms. The first kappa shape index (κ1) is 22.5. The van der Waals surface area contributed by atoms with E-state index in [0.717, 1.165) is 18.2 Å². The molecule has 0 bridgehead atoms. The van der Waals surface area contributed by atoms with Crippen LogP contribution < -0.4 is 5.43 Å². The Morgan fingerprint density at radius 2 is 1.82 bits per heavy atom. The van der Waals surface area contributed by atoms with Gasteiger partial charge in [-0.3, -0.25) is 14.3 Å². The molecule has 0 unspecified atom stereocenters. The maximum Gasteiger partial charge on any atom is 0.306 e. The van der Waals surface area contributed by atoms with E-state index in [-0.39, 0.29) is 28.9 Å². The number of aryl methyl sites for hydroxylation is 1. The van der Waals surface area contributed by atoms with Gasteiger partial charge in [0.05, 0.1) is 19.7 Å². The fourth-order valence-electron chi connectivity index (χ4n) is 3.80. The maximum atomic E-state index is 13.0. The first-order chi connectivity index (χ1) is 16.1. The van der Waals surface area contributed by atoms with E-state index in [2.05, 4.69) is 5.10 Å². The van der Waals surface area contributed by atoms with Crippen molar-refractivity contribution in [3.8, 4) is 40.1 Å². The molecule has 176 valence electrons. The van der Waals surface area contributed by atoms with Crippen molar-refractivity contribution in [1.82, 2.24) is 9.78 Å². The van der Waals surface area contributed by atoms with Crippen molar-refractivity contribution < 1.29 is 39.5 Å². The number of fused-ring (bicyclic) bond motifs is 1. The van der Waals surface area contributed by atoms with E-state index < -0.39 is 51.4 Å². The van der Waals surface area contributed by atoms with Gasteiger partial charge in [-0.25, -0.2) is 0 Å². The summed E-state index contributed by atoms with van der Waals surface area (Å²) < 4.78 is 12.1. The van der Waals surface area contributed by atoms with Gasteiger partial charge in [0.15, 0.2) is 17.3 Å². The van der Waals surface area contributed by atoms with E-state index in [9.17, 15) is 35.1 Å². The van der Waals surface area contributed by atoms with Crippen LogP contribution in [0.15, 0.2) is 45.9 Å². The molecule has 0 amide bonds. The van der Waals surface area contributed by atoms with Gasteiger partial charge in [-0.05, 0) is 23.8 Å². The van der Waals surface area contributed by atoms with E-state index in [1.54, 1.807) is 13.2 Å². The number of phenolic OH excluding ortho intramolecular Hbond substituents is 4. The van der Waals surface area contributed by atoms with Gasteiger partial charge in [-0.15, -0.1) is 0 Å². The van der Waals surface area contributed by atoms with Gasteiger partial charge in [-0.2, -0.15) is 5.10 Å². The third-order valence-electron chi connectivity index (χ3n) is 5.45. The summed E-state index contributed by atoms with van der Waals surface area (Å²) in [6.07, 6.45) is 2.79. The van der Waals surface area contributed by atoms with Gasteiger partial charge in [0.25, 0.3) is 0 Å². The molecule has 2 heterocycles. The second-order valence-corrected chi connectivity index (χ2v) is 7.63. The molecule has 4 aromatic rings. The summed E-state index contributed by atoms with van der Waals surface area (Å²) in [5.41, 5.74) is -0.806. The smallest absolute Gasteiger partial charge is 0.306 e. The number of esters is 1. The summed E-state index contributed by atoms with van der Waals surface area (Å²) in [7, 11) is 2.85. The number of methoxy groups -OCH3 is 1. The predicted molar refractivity (Wildman–Crippen MR) is 118 cm³/mol. The number of carbonyl (C=O) groups is 1. The van der Waals surface area contributed by atoms with E-state index in [0.29, 0.717) is 5.56 Å². The van der Waals surface area contributed by atoms with Crippen molar-refractivity contribution in [1.29, 1.82) is 0 Å². The van der Waals surface area contributed by atoms with Crippen LogP contribution in [-0.2, 0) is 16.6 Å². The van der Waals surface area contributed by atoms with Gasteiger partial charge in [0, 0.05) is 36.4 Å². The zero-order chi connectivity index (χ0) is 24.7. The standard InChI is InChI=1S/C23H20N2O9/c1-25-9-11(8-24-25)12(6-17(30)33-2)18-15(28)7-16(29)19-20(31)21(32)22(34-23(18)19)10-3-4-13(26)14(27)5-10/h3-5,7-9,12,26-29,32H,6H2,1-2H3/t12-/m1/s1. The van der Waals surface area contributed by atoms with Crippen LogP contribution in [0.5, 0.6) is 28.7 Å². The number of ether oxygens (including phenoxy) is 1.